The summed E-state index contributed by atoms with van der Waals surface area (Å²) in [6.07, 6.45) is 0.345. The van der Waals surface area contributed by atoms with Crippen LogP contribution in [-0.2, 0) is 14.3 Å². The van der Waals surface area contributed by atoms with E-state index in [1.54, 1.807) is 14.2 Å². The third kappa shape index (κ3) is 6.46. The highest BCUT2D eigenvalue weighted by Crippen LogP contribution is 2.28. The highest BCUT2D eigenvalue weighted by atomic mass is 79.9. The van der Waals surface area contributed by atoms with Crippen molar-refractivity contribution in [2.75, 3.05) is 52.0 Å². The monoisotopic (exact) mass is 486 g/mol. The molecule has 8 heteroatoms. The molecule has 0 atom stereocenters. The van der Waals surface area contributed by atoms with Crippen LogP contribution >= 0.6 is 15.9 Å². The highest BCUT2D eigenvalue weighted by Gasteiger charge is 2.17. The van der Waals surface area contributed by atoms with Gasteiger partial charge in [0.05, 0.1) is 18.7 Å². The van der Waals surface area contributed by atoms with E-state index in [9.17, 15) is 4.79 Å². The predicted octanol–water partition coefficient (Wildman–Crippen LogP) is 3.66. The summed E-state index contributed by atoms with van der Waals surface area (Å²) in [6, 6.07) is 15.8. The van der Waals surface area contributed by atoms with Gasteiger partial charge < -0.3 is 19.7 Å². The van der Waals surface area contributed by atoms with Crippen LogP contribution in [0.5, 0.6) is 0 Å². The van der Waals surface area contributed by atoms with Crippen molar-refractivity contribution >= 4 is 38.6 Å². The molecule has 7 nitrogen and oxygen atoms in total. The lowest BCUT2D eigenvalue weighted by molar-refractivity contribution is -0.121. The first-order chi connectivity index (χ1) is 15.1. The van der Waals surface area contributed by atoms with Crippen molar-refractivity contribution in [1.29, 1.82) is 0 Å². The van der Waals surface area contributed by atoms with Gasteiger partial charge in [0.2, 0.25) is 5.91 Å². The standard InChI is InChI=1S/C23H27BrN4O3/c1-30-14-11-25-21(29)10-12-28(13-15-31-2)23-19-8-3-4-9-20(19)26-22(27-23)17-6-5-7-18(24)16-17/h3-9,16H,10-15H2,1-2H3,(H,25,29). The van der Waals surface area contributed by atoms with Crippen LogP contribution in [0.1, 0.15) is 6.42 Å². The minimum absolute atomic E-state index is 0.0231. The second kappa shape index (κ2) is 11.7. The number of carbonyl (C=O) groups excluding carboxylic acids is 1. The van der Waals surface area contributed by atoms with E-state index >= 15 is 0 Å². The molecule has 2 aromatic carbocycles. The Balaban J connectivity index is 1.94. The summed E-state index contributed by atoms with van der Waals surface area (Å²) in [6.45, 7) is 2.64. The molecule has 0 radical (unpaired) electrons. The van der Waals surface area contributed by atoms with Gasteiger partial charge in [-0.1, -0.05) is 40.2 Å². The van der Waals surface area contributed by atoms with Crippen LogP contribution in [0.3, 0.4) is 0 Å². The molecule has 164 valence electrons. The molecule has 0 aliphatic rings. The molecule has 0 unspecified atom stereocenters. The maximum Gasteiger partial charge on any atom is 0.221 e. The molecule has 1 aromatic heterocycles. The number of anilines is 1. The number of carbonyl (C=O) groups is 1. The number of ether oxygens (including phenoxy) is 2. The largest absolute Gasteiger partial charge is 0.383 e. The first-order valence-electron chi connectivity index (χ1n) is 10.1. The molecule has 0 saturated carbocycles. The summed E-state index contributed by atoms with van der Waals surface area (Å²) < 4.78 is 11.3. The van der Waals surface area contributed by atoms with Gasteiger partial charge in [-0.2, -0.15) is 0 Å². The van der Waals surface area contributed by atoms with E-state index < -0.39 is 0 Å². The predicted molar refractivity (Wildman–Crippen MR) is 126 cm³/mol. The average molecular weight is 487 g/mol. The fourth-order valence-corrected chi connectivity index (χ4v) is 3.60. The van der Waals surface area contributed by atoms with E-state index in [4.69, 9.17) is 19.4 Å². The van der Waals surface area contributed by atoms with Crippen molar-refractivity contribution in [2.45, 2.75) is 6.42 Å². The van der Waals surface area contributed by atoms with E-state index in [0.29, 0.717) is 45.1 Å². The van der Waals surface area contributed by atoms with Gasteiger partial charge in [-0.25, -0.2) is 9.97 Å². The molecule has 1 heterocycles. The number of methoxy groups -OCH3 is 2. The van der Waals surface area contributed by atoms with Gasteiger partial charge in [-0.3, -0.25) is 4.79 Å². The van der Waals surface area contributed by atoms with Crippen LogP contribution in [0.25, 0.3) is 22.3 Å². The minimum atomic E-state index is -0.0231. The number of fused-ring (bicyclic) bond motifs is 1. The van der Waals surface area contributed by atoms with Gasteiger partial charge in [-0.05, 0) is 24.3 Å². The van der Waals surface area contributed by atoms with Crippen LogP contribution in [-0.4, -0.2) is 62.9 Å². The fourth-order valence-electron chi connectivity index (χ4n) is 3.20. The Morgan fingerprint density at radius 2 is 1.84 bits per heavy atom. The maximum atomic E-state index is 12.3. The molecule has 3 rings (SSSR count). The average Bonchev–Trinajstić information content (AvgIpc) is 2.79. The van der Waals surface area contributed by atoms with Gasteiger partial charge >= 0.3 is 0 Å². The van der Waals surface area contributed by atoms with Gasteiger partial charge in [0.25, 0.3) is 0 Å². The Labute approximate surface area is 190 Å². The normalized spacial score (nSPS) is 10.9. The van der Waals surface area contributed by atoms with Crippen molar-refractivity contribution in [1.82, 2.24) is 15.3 Å². The number of amides is 1. The Morgan fingerprint density at radius 3 is 2.61 bits per heavy atom. The maximum absolute atomic E-state index is 12.3. The number of halogens is 1. The lowest BCUT2D eigenvalue weighted by Crippen LogP contribution is -2.34. The summed E-state index contributed by atoms with van der Waals surface area (Å²) in [7, 11) is 3.28. The Kier molecular flexibility index (Phi) is 8.75. The lowest BCUT2D eigenvalue weighted by Gasteiger charge is -2.25. The van der Waals surface area contributed by atoms with E-state index in [1.165, 1.54) is 0 Å². The molecule has 0 bridgehead atoms. The van der Waals surface area contributed by atoms with E-state index in [2.05, 4.69) is 26.1 Å². The quantitative estimate of drug-likeness (QED) is 0.416. The SMILES string of the molecule is COCCNC(=O)CCN(CCOC)c1nc(-c2cccc(Br)c2)nc2ccccc12. The van der Waals surface area contributed by atoms with Gasteiger partial charge in [0.15, 0.2) is 5.82 Å². The number of rotatable bonds is 11. The molecule has 0 saturated heterocycles. The number of aromatic nitrogens is 2. The van der Waals surface area contributed by atoms with Crippen molar-refractivity contribution in [2.24, 2.45) is 0 Å². The fraction of sp³-hybridized carbons (Fsp3) is 0.348. The molecule has 0 fully saturated rings. The Hall–Kier alpha value is -2.55. The molecule has 0 spiro atoms. The van der Waals surface area contributed by atoms with Crippen LogP contribution < -0.4 is 10.2 Å². The van der Waals surface area contributed by atoms with Crippen molar-refractivity contribution < 1.29 is 14.3 Å². The number of nitrogens with one attached hydrogen (secondary N) is 1. The minimum Gasteiger partial charge on any atom is -0.383 e. The molecule has 0 aliphatic heterocycles. The lowest BCUT2D eigenvalue weighted by atomic mass is 10.1. The summed E-state index contributed by atoms with van der Waals surface area (Å²) in [5, 5.41) is 3.81. The zero-order valence-corrected chi connectivity index (χ0v) is 19.4. The molecule has 0 aliphatic carbocycles. The van der Waals surface area contributed by atoms with Crippen LogP contribution in [0.2, 0.25) is 0 Å². The first kappa shape index (κ1) is 23.1. The first-order valence-corrected chi connectivity index (χ1v) is 10.9. The van der Waals surface area contributed by atoms with Crippen molar-refractivity contribution in [3.05, 3.63) is 53.0 Å². The van der Waals surface area contributed by atoms with Crippen molar-refractivity contribution in [3.8, 4) is 11.4 Å². The van der Waals surface area contributed by atoms with Gasteiger partial charge in [0.1, 0.15) is 5.82 Å². The number of para-hydroxylation sites is 1. The Morgan fingerprint density at radius 1 is 1.03 bits per heavy atom. The zero-order chi connectivity index (χ0) is 22.1. The van der Waals surface area contributed by atoms with Gasteiger partial charge in [0, 0.05) is 55.7 Å². The summed E-state index contributed by atoms with van der Waals surface area (Å²) >= 11 is 3.52. The third-order valence-electron chi connectivity index (χ3n) is 4.77. The summed E-state index contributed by atoms with van der Waals surface area (Å²) in [5.41, 5.74) is 1.78. The van der Waals surface area contributed by atoms with Crippen LogP contribution in [0.15, 0.2) is 53.0 Å². The van der Waals surface area contributed by atoms with Crippen LogP contribution in [0, 0.1) is 0 Å². The number of benzene rings is 2. The molecule has 31 heavy (non-hydrogen) atoms. The highest BCUT2D eigenvalue weighted by molar-refractivity contribution is 9.10. The molecular weight excluding hydrogens is 460 g/mol. The van der Waals surface area contributed by atoms with Crippen molar-refractivity contribution in [3.63, 3.8) is 0 Å². The second-order valence-corrected chi connectivity index (χ2v) is 7.89. The summed E-state index contributed by atoms with van der Waals surface area (Å²) in [4.78, 5) is 24.0. The summed E-state index contributed by atoms with van der Waals surface area (Å²) in [5.74, 6) is 1.41. The van der Waals surface area contributed by atoms with E-state index in [0.717, 1.165) is 26.8 Å². The Bertz CT molecular complexity index is 1020. The zero-order valence-electron chi connectivity index (χ0n) is 17.8. The smallest absolute Gasteiger partial charge is 0.221 e. The third-order valence-corrected chi connectivity index (χ3v) is 5.26. The van der Waals surface area contributed by atoms with E-state index in [-0.39, 0.29) is 5.91 Å². The second-order valence-electron chi connectivity index (χ2n) is 6.97. The topological polar surface area (TPSA) is 76.6 Å². The molecule has 1 N–H and O–H groups in total. The van der Waals surface area contributed by atoms with Gasteiger partial charge in [-0.15, -0.1) is 0 Å². The van der Waals surface area contributed by atoms with E-state index in [1.807, 2.05) is 48.5 Å². The molecule has 3 aromatic rings. The number of hydrogen-bond donors (Lipinski definition) is 1. The van der Waals surface area contributed by atoms with Crippen LogP contribution in [0.4, 0.5) is 5.82 Å². The number of nitrogens with zero attached hydrogens (tertiary/aromatic N) is 3. The number of hydrogen-bond acceptors (Lipinski definition) is 6. The molecular formula is C23H27BrN4O3. The molecule has 1 amide bonds.